The molecule has 0 bridgehead atoms. The van der Waals surface area contributed by atoms with E-state index >= 15 is 0 Å². The van der Waals surface area contributed by atoms with E-state index in [9.17, 15) is 18.0 Å². The van der Waals surface area contributed by atoms with Gasteiger partial charge in [0.15, 0.2) is 0 Å². The third-order valence-corrected chi connectivity index (χ3v) is 4.91. The highest BCUT2D eigenvalue weighted by Crippen LogP contribution is 2.24. The van der Waals surface area contributed by atoms with Crippen molar-refractivity contribution < 1.29 is 13.2 Å². The lowest BCUT2D eigenvalue weighted by atomic mass is 10.1. The molecule has 0 radical (unpaired) electrons. The van der Waals surface area contributed by atoms with E-state index in [1.807, 2.05) is 24.3 Å². The number of piperidine rings is 1. The number of halogens is 3. The van der Waals surface area contributed by atoms with E-state index in [-0.39, 0.29) is 11.6 Å². The number of pyridine rings is 1. The van der Waals surface area contributed by atoms with Crippen LogP contribution in [0.1, 0.15) is 19.3 Å². The predicted octanol–water partition coefficient (Wildman–Crippen LogP) is 4.09. The Bertz CT molecular complexity index is 1060. The first-order valence-corrected chi connectivity index (χ1v) is 9.44. The molecule has 29 heavy (non-hydrogen) atoms. The molecule has 4 rings (SSSR count). The number of hydrogen-bond acceptors (Lipinski definition) is 5. The normalized spacial score (nSPS) is 14.9. The Kier molecular flexibility index (Phi) is 5.12. The molecule has 0 spiro atoms. The van der Waals surface area contributed by atoms with Crippen molar-refractivity contribution in [3.05, 3.63) is 52.9 Å². The minimum atomic E-state index is -4.53. The van der Waals surface area contributed by atoms with E-state index in [2.05, 4.69) is 20.2 Å². The Morgan fingerprint density at radius 1 is 1.00 bits per heavy atom. The molecule has 1 aromatic carbocycles. The third-order valence-electron chi connectivity index (χ3n) is 4.91. The zero-order valence-corrected chi connectivity index (χ0v) is 15.6. The maximum atomic E-state index is 12.9. The van der Waals surface area contributed by atoms with E-state index in [4.69, 9.17) is 0 Å². The van der Waals surface area contributed by atoms with Gasteiger partial charge in [0.25, 0.3) is 5.56 Å². The molecule has 1 aliphatic heterocycles. The van der Waals surface area contributed by atoms with E-state index in [1.165, 1.54) is 31.5 Å². The number of fused-ring (bicyclic) bond motifs is 1. The van der Waals surface area contributed by atoms with Crippen LogP contribution in [0.2, 0.25) is 0 Å². The summed E-state index contributed by atoms with van der Waals surface area (Å²) in [5, 5.41) is 3.36. The second-order valence-corrected chi connectivity index (χ2v) is 7.07. The molecule has 1 aliphatic rings. The molecule has 6 nitrogen and oxygen atoms in total. The zero-order valence-electron chi connectivity index (χ0n) is 15.6. The molecule has 1 N–H and O–H groups in total. The zero-order chi connectivity index (χ0) is 20.4. The van der Waals surface area contributed by atoms with Crippen LogP contribution >= 0.6 is 0 Å². The largest absolute Gasteiger partial charge is 0.406 e. The number of nitrogens with one attached hydrogen (secondary N) is 1. The highest BCUT2D eigenvalue weighted by Gasteiger charge is 2.29. The van der Waals surface area contributed by atoms with E-state index in [1.54, 1.807) is 0 Å². The molecular weight excluding hydrogens is 383 g/mol. The first kappa shape index (κ1) is 19.2. The molecule has 1 saturated heterocycles. The lowest BCUT2D eigenvalue weighted by Gasteiger charge is -2.28. The maximum absolute atomic E-state index is 12.9. The number of nitrogens with zero attached hydrogens (tertiary/aromatic N) is 4. The van der Waals surface area contributed by atoms with Crippen molar-refractivity contribution in [2.75, 3.05) is 23.3 Å². The van der Waals surface area contributed by atoms with Crippen LogP contribution < -0.4 is 15.8 Å². The average Bonchev–Trinajstić information content (AvgIpc) is 2.71. The van der Waals surface area contributed by atoms with Gasteiger partial charge >= 0.3 is 6.18 Å². The molecule has 3 heterocycles. The first-order chi connectivity index (χ1) is 13.9. The molecule has 0 atom stereocenters. The summed E-state index contributed by atoms with van der Waals surface area (Å²) in [7, 11) is 0. The molecule has 152 valence electrons. The number of benzene rings is 1. The molecule has 0 amide bonds. The van der Waals surface area contributed by atoms with Crippen molar-refractivity contribution in [1.82, 2.24) is 14.5 Å². The molecule has 9 heteroatoms. The second-order valence-electron chi connectivity index (χ2n) is 7.07. The van der Waals surface area contributed by atoms with Gasteiger partial charge in [0, 0.05) is 42.1 Å². The molecule has 3 aromatic rings. The van der Waals surface area contributed by atoms with Gasteiger partial charge in [0.05, 0.1) is 0 Å². The lowest BCUT2D eigenvalue weighted by Crippen LogP contribution is -2.29. The van der Waals surface area contributed by atoms with Crippen LogP contribution in [-0.4, -0.2) is 33.8 Å². The number of aromatic nitrogens is 3. The van der Waals surface area contributed by atoms with Crippen molar-refractivity contribution >= 4 is 28.4 Å². The Morgan fingerprint density at radius 3 is 2.41 bits per heavy atom. The van der Waals surface area contributed by atoms with Crippen molar-refractivity contribution in [3.63, 3.8) is 0 Å². The minimum Gasteiger partial charge on any atom is -0.372 e. The van der Waals surface area contributed by atoms with Crippen LogP contribution in [0.15, 0.2) is 47.4 Å². The Morgan fingerprint density at radius 2 is 1.72 bits per heavy atom. The SMILES string of the molecule is O=c1ccc2cnc(Nc3ccc(N4CCCCC4)cc3)nc2n1CC(F)(F)F. The number of hydrogen-bond donors (Lipinski definition) is 1. The van der Waals surface area contributed by atoms with Crippen LogP contribution in [0.25, 0.3) is 11.0 Å². The predicted molar refractivity (Wildman–Crippen MR) is 106 cm³/mol. The van der Waals surface area contributed by atoms with Gasteiger partial charge in [-0.05, 0) is 49.6 Å². The van der Waals surface area contributed by atoms with Gasteiger partial charge in [0.2, 0.25) is 5.95 Å². The number of rotatable bonds is 4. The molecule has 0 aliphatic carbocycles. The van der Waals surface area contributed by atoms with Crippen molar-refractivity contribution in [2.24, 2.45) is 0 Å². The monoisotopic (exact) mass is 403 g/mol. The number of alkyl halides is 3. The topological polar surface area (TPSA) is 63.1 Å². The summed E-state index contributed by atoms with van der Waals surface area (Å²) in [6, 6.07) is 10.3. The highest BCUT2D eigenvalue weighted by atomic mass is 19.4. The van der Waals surface area contributed by atoms with Gasteiger partial charge in [-0.15, -0.1) is 0 Å². The Labute approximate surface area is 165 Å². The van der Waals surface area contributed by atoms with E-state index in [0.717, 1.165) is 24.8 Å². The molecule has 0 saturated carbocycles. The van der Waals surface area contributed by atoms with Gasteiger partial charge in [-0.3, -0.25) is 9.36 Å². The quantitative estimate of drug-likeness (QED) is 0.711. The van der Waals surface area contributed by atoms with Crippen LogP contribution in [0, 0.1) is 0 Å². The molecule has 1 fully saturated rings. The number of anilines is 3. The standard InChI is InChI=1S/C20H20F3N5O/c21-20(22,23)13-28-17(29)9-4-14-12-24-19(26-18(14)28)25-15-5-7-16(8-6-15)27-10-2-1-3-11-27/h4-9,12H,1-3,10-11,13H2,(H,24,25,26). The van der Waals surface area contributed by atoms with Crippen LogP contribution in [0.5, 0.6) is 0 Å². The summed E-state index contributed by atoms with van der Waals surface area (Å²) >= 11 is 0. The van der Waals surface area contributed by atoms with Crippen molar-refractivity contribution in [2.45, 2.75) is 32.0 Å². The maximum Gasteiger partial charge on any atom is 0.406 e. The van der Waals surface area contributed by atoms with Gasteiger partial charge in [-0.2, -0.15) is 18.2 Å². The summed E-state index contributed by atoms with van der Waals surface area (Å²) in [6.07, 6.45) is 0.504. The smallest absolute Gasteiger partial charge is 0.372 e. The van der Waals surface area contributed by atoms with Crippen LogP contribution in [0.3, 0.4) is 0 Å². The van der Waals surface area contributed by atoms with Crippen LogP contribution in [-0.2, 0) is 6.54 Å². The summed E-state index contributed by atoms with van der Waals surface area (Å²) in [6.45, 7) is 0.679. The van der Waals surface area contributed by atoms with Crippen molar-refractivity contribution in [3.8, 4) is 0 Å². The van der Waals surface area contributed by atoms with Gasteiger partial charge in [0.1, 0.15) is 12.2 Å². The summed E-state index contributed by atoms with van der Waals surface area (Å²) in [4.78, 5) is 22.6. The first-order valence-electron chi connectivity index (χ1n) is 9.44. The molecular formula is C20H20F3N5O. The average molecular weight is 403 g/mol. The molecule has 2 aromatic heterocycles. The third kappa shape index (κ3) is 4.49. The minimum absolute atomic E-state index is 0.0581. The van der Waals surface area contributed by atoms with Crippen LogP contribution in [0.4, 0.5) is 30.5 Å². The van der Waals surface area contributed by atoms with Crippen molar-refractivity contribution in [1.29, 1.82) is 0 Å². The Balaban J connectivity index is 1.59. The molecule has 0 unspecified atom stereocenters. The van der Waals surface area contributed by atoms with Gasteiger partial charge < -0.3 is 10.2 Å². The van der Waals surface area contributed by atoms with Gasteiger partial charge in [-0.25, -0.2) is 4.98 Å². The van der Waals surface area contributed by atoms with Gasteiger partial charge in [-0.1, -0.05) is 0 Å². The fourth-order valence-electron chi connectivity index (χ4n) is 3.50. The summed E-state index contributed by atoms with van der Waals surface area (Å²) < 4.78 is 39.2. The highest BCUT2D eigenvalue weighted by molar-refractivity contribution is 5.75. The Hall–Kier alpha value is -3.10. The fraction of sp³-hybridized carbons (Fsp3) is 0.350. The van der Waals surface area contributed by atoms with E-state index < -0.39 is 18.3 Å². The fourth-order valence-corrected chi connectivity index (χ4v) is 3.50. The second kappa shape index (κ2) is 7.73. The van der Waals surface area contributed by atoms with E-state index in [0.29, 0.717) is 15.6 Å². The summed E-state index contributed by atoms with van der Waals surface area (Å²) in [5.41, 5.74) is 1.03. The lowest BCUT2D eigenvalue weighted by molar-refractivity contribution is -0.140. The summed E-state index contributed by atoms with van der Waals surface area (Å²) in [5.74, 6) is 0.129.